The van der Waals surface area contributed by atoms with Crippen LogP contribution in [0.4, 0.5) is 4.39 Å². The first-order valence-corrected chi connectivity index (χ1v) is 7.51. The summed E-state index contributed by atoms with van der Waals surface area (Å²) in [7, 11) is 0. The molecule has 0 aliphatic rings. The molecule has 0 saturated heterocycles. The Kier molecular flexibility index (Phi) is 4.76. The van der Waals surface area contributed by atoms with E-state index >= 15 is 0 Å². The normalized spacial score (nSPS) is 12.5. The predicted molar refractivity (Wildman–Crippen MR) is 83.6 cm³/mol. The molecule has 0 bridgehead atoms. The summed E-state index contributed by atoms with van der Waals surface area (Å²) >= 11 is 7.06. The van der Waals surface area contributed by atoms with Crippen molar-refractivity contribution in [2.45, 2.75) is 19.4 Å². The minimum Gasteiger partial charge on any atom is -0.324 e. The van der Waals surface area contributed by atoms with Gasteiger partial charge in [-0.1, -0.05) is 44.0 Å². The molecule has 0 saturated carbocycles. The lowest BCUT2D eigenvalue weighted by Crippen LogP contribution is -2.14. The Labute approximate surface area is 129 Å². The second-order valence-corrected chi connectivity index (χ2v) is 6.27. The van der Waals surface area contributed by atoms with Crippen molar-refractivity contribution in [2.75, 3.05) is 0 Å². The molecule has 0 radical (unpaired) electrons. The minimum atomic E-state index is -0.225. The molecule has 2 aromatic carbocycles. The second kappa shape index (κ2) is 6.16. The van der Waals surface area contributed by atoms with E-state index in [-0.39, 0.29) is 11.9 Å². The van der Waals surface area contributed by atoms with E-state index < -0.39 is 0 Å². The SMILES string of the molecule is Cc1cc(Br)c(C(N)Cc2ccc(F)cc2)cc1Br. The Morgan fingerprint density at radius 3 is 2.37 bits per heavy atom. The number of nitrogens with two attached hydrogens (primary N) is 1. The Morgan fingerprint density at radius 2 is 1.74 bits per heavy atom. The quantitative estimate of drug-likeness (QED) is 0.797. The molecule has 1 atom stereocenters. The van der Waals surface area contributed by atoms with Gasteiger partial charge in [0.15, 0.2) is 0 Å². The highest BCUT2D eigenvalue weighted by Gasteiger charge is 2.12. The summed E-state index contributed by atoms with van der Waals surface area (Å²) in [5, 5.41) is 0. The lowest BCUT2D eigenvalue weighted by molar-refractivity contribution is 0.625. The average Bonchev–Trinajstić information content (AvgIpc) is 2.36. The maximum Gasteiger partial charge on any atom is 0.123 e. The van der Waals surface area contributed by atoms with Crippen LogP contribution in [0.15, 0.2) is 45.3 Å². The highest BCUT2D eigenvalue weighted by atomic mass is 79.9. The summed E-state index contributed by atoms with van der Waals surface area (Å²) < 4.78 is 14.9. The van der Waals surface area contributed by atoms with Crippen LogP contribution in [0.3, 0.4) is 0 Å². The van der Waals surface area contributed by atoms with Gasteiger partial charge < -0.3 is 5.73 Å². The first-order chi connectivity index (χ1) is 8.97. The fourth-order valence-electron chi connectivity index (χ4n) is 1.93. The van der Waals surface area contributed by atoms with Crippen molar-refractivity contribution < 1.29 is 4.39 Å². The molecule has 2 aromatic rings. The van der Waals surface area contributed by atoms with Gasteiger partial charge in [0.25, 0.3) is 0 Å². The van der Waals surface area contributed by atoms with E-state index in [0.29, 0.717) is 6.42 Å². The number of benzene rings is 2. The van der Waals surface area contributed by atoms with Crippen LogP contribution in [0.1, 0.15) is 22.7 Å². The predicted octanol–water partition coefficient (Wildman–Crippen LogP) is 4.90. The van der Waals surface area contributed by atoms with E-state index in [1.54, 1.807) is 12.1 Å². The molecule has 19 heavy (non-hydrogen) atoms. The van der Waals surface area contributed by atoms with E-state index in [0.717, 1.165) is 25.6 Å². The molecule has 0 spiro atoms. The van der Waals surface area contributed by atoms with Gasteiger partial charge in [-0.15, -0.1) is 0 Å². The van der Waals surface area contributed by atoms with Gasteiger partial charge >= 0.3 is 0 Å². The van der Waals surface area contributed by atoms with Gasteiger partial charge in [-0.05, 0) is 54.3 Å². The third kappa shape index (κ3) is 3.65. The third-order valence-electron chi connectivity index (χ3n) is 3.05. The van der Waals surface area contributed by atoms with Crippen molar-refractivity contribution in [3.05, 3.63) is 67.9 Å². The molecule has 0 fully saturated rings. The Morgan fingerprint density at radius 1 is 1.11 bits per heavy atom. The Balaban J connectivity index is 2.22. The summed E-state index contributed by atoms with van der Waals surface area (Å²) in [6, 6.07) is 10.4. The van der Waals surface area contributed by atoms with E-state index in [1.165, 1.54) is 12.1 Å². The van der Waals surface area contributed by atoms with Crippen LogP contribution < -0.4 is 5.73 Å². The number of hydrogen-bond donors (Lipinski definition) is 1. The molecular formula is C15H14Br2FN. The Bertz CT molecular complexity index is 581. The zero-order valence-corrected chi connectivity index (χ0v) is 13.6. The van der Waals surface area contributed by atoms with E-state index in [2.05, 4.69) is 31.9 Å². The van der Waals surface area contributed by atoms with Gasteiger partial charge in [0.2, 0.25) is 0 Å². The molecule has 0 aliphatic heterocycles. The van der Waals surface area contributed by atoms with E-state index in [1.807, 2.05) is 19.1 Å². The smallest absolute Gasteiger partial charge is 0.123 e. The molecule has 4 heteroatoms. The van der Waals surface area contributed by atoms with Gasteiger partial charge in [0.05, 0.1) is 0 Å². The van der Waals surface area contributed by atoms with Gasteiger partial charge in [-0.2, -0.15) is 0 Å². The largest absolute Gasteiger partial charge is 0.324 e. The van der Waals surface area contributed by atoms with Crippen LogP contribution in [0.5, 0.6) is 0 Å². The highest BCUT2D eigenvalue weighted by molar-refractivity contribution is 9.11. The molecule has 100 valence electrons. The molecule has 0 aliphatic carbocycles. The van der Waals surface area contributed by atoms with Crippen molar-refractivity contribution in [3.63, 3.8) is 0 Å². The number of hydrogen-bond acceptors (Lipinski definition) is 1. The lowest BCUT2D eigenvalue weighted by atomic mass is 9.99. The number of halogens is 3. The standard InChI is InChI=1S/C15H14Br2FN/c1-9-6-14(17)12(8-13(9)16)15(19)7-10-2-4-11(18)5-3-10/h2-6,8,15H,7,19H2,1H3. The van der Waals surface area contributed by atoms with Crippen LogP contribution in [-0.4, -0.2) is 0 Å². The van der Waals surface area contributed by atoms with Gasteiger partial charge in [-0.25, -0.2) is 4.39 Å². The molecular weight excluding hydrogens is 373 g/mol. The van der Waals surface area contributed by atoms with Crippen LogP contribution in [-0.2, 0) is 6.42 Å². The minimum absolute atomic E-state index is 0.128. The van der Waals surface area contributed by atoms with Gasteiger partial charge in [0.1, 0.15) is 5.82 Å². The monoisotopic (exact) mass is 385 g/mol. The van der Waals surface area contributed by atoms with Crippen LogP contribution in [0.2, 0.25) is 0 Å². The van der Waals surface area contributed by atoms with Crippen molar-refractivity contribution >= 4 is 31.9 Å². The summed E-state index contributed by atoms with van der Waals surface area (Å²) in [5.74, 6) is -0.225. The lowest BCUT2D eigenvalue weighted by Gasteiger charge is -2.15. The maximum absolute atomic E-state index is 12.9. The summed E-state index contributed by atoms with van der Waals surface area (Å²) in [6.45, 7) is 2.03. The van der Waals surface area contributed by atoms with Crippen molar-refractivity contribution in [1.82, 2.24) is 0 Å². The molecule has 0 aromatic heterocycles. The van der Waals surface area contributed by atoms with Crippen LogP contribution in [0, 0.1) is 12.7 Å². The highest BCUT2D eigenvalue weighted by Crippen LogP contribution is 2.30. The van der Waals surface area contributed by atoms with Gasteiger partial charge in [0, 0.05) is 15.0 Å². The summed E-state index contributed by atoms with van der Waals surface area (Å²) in [6.07, 6.45) is 0.675. The summed E-state index contributed by atoms with van der Waals surface area (Å²) in [4.78, 5) is 0. The van der Waals surface area contributed by atoms with Crippen molar-refractivity contribution in [1.29, 1.82) is 0 Å². The zero-order chi connectivity index (χ0) is 14.0. The van der Waals surface area contributed by atoms with E-state index in [9.17, 15) is 4.39 Å². The molecule has 1 unspecified atom stereocenters. The molecule has 1 nitrogen and oxygen atoms in total. The molecule has 2 N–H and O–H groups in total. The third-order valence-corrected chi connectivity index (χ3v) is 4.59. The fourth-order valence-corrected chi connectivity index (χ4v) is 3.04. The molecule has 0 amide bonds. The van der Waals surface area contributed by atoms with Crippen molar-refractivity contribution in [3.8, 4) is 0 Å². The number of rotatable bonds is 3. The van der Waals surface area contributed by atoms with Crippen LogP contribution >= 0.6 is 31.9 Å². The fraction of sp³-hybridized carbons (Fsp3) is 0.200. The van der Waals surface area contributed by atoms with Gasteiger partial charge in [-0.3, -0.25) is 0 Å². The summed E-state index contributed by atoms with van der Waals surface area (Å²) in [5.41, 5.74) is 9.47. The Hall–Kier alpha value is -0.710. The molecule has 0 heterocycles. The zero-order valence-electron chi connectivity index (χ0n) is 10.5. The van der Waals surface area contributed by atoms with E-state index in [4.69, 9.17) is 5.73 Å². The molecule has 2 rings (SSSR count). The number of aryl methyl sites for hydroxylation is 1. The first kappa shape index (κ1) is 14.7. The topological polar surface area (TPSA) is 26.0 Å². The first-order valence-electron chi connectivity index (χ1n) is 5.93. The average molecular weight is 387 g/mol. The maximum atomic E-state index is 12.9. The van der Waals surface area contributed by atoms with Crippen molar-refractivity contribution in [2.24, 2.45) is 5.73 Å². The second-order valence-electron chi connectivity index (χ2n) is 4.56. The van der Waals surface area contributed by atoms with Crippen LogP contribution in [0.25, 0.3) is 0 Å².